The quantitative estimate of drug-likeness (QED) is 0.391. The molecule has 1 atom stereocenters. The number of Topliss-reactive ketones (excluding diaryl/α,β-unsaturated/α-hetero) is 1. The molecule has 0 spiro atoms. The molecule has 0 saturated carbocycles. The topological polar surface area (TPSA) is 77.0 Å². The smallest absolute Gasteiger partial charge is 0.259 e. The molecule has 3 heterocycles. The minimum atomic E-state index is -0.185. The number of para-hydroxylation sites is 1. The van der Waals surface area contributed by atoms with Gasteiger partial charge in [0.1, 0.15) is 0 Å². The van der Waals surface area contributed by atoms with Crippen LogP contribution in [0.4, 0.5) is 0 Å². The Labute approximate surface area is 167 Å². The molecule has 1 aliphatic rings. The van der Waals surface area contributed by atoms with E-state index in [1.54, 1.807) is 12.1 Å². The Balaban J connectivity index is 1.49. The van der Waals surface area contributed by atoms with E-state index in [4.69, 9.17) is 4.74 Å². The van der Waals surface area contributed by atoms with E-state index in [1.165, 1.54) is 11.8 Å². The molecule has 146 valence electrons. The summed E-state index contributed by atoms with van der Waals surface area (Å²) < 4.78 is 7.91. The van der Waals surface area contributed by atoms with Crippen molar-refractivity contribution in [3.05, 3.63) is 57.6 Å². The largest absolute Gasteiger partial charge is 0.376 e. The zero-order valence-electron chi connectivity index (χ0n) is 16.0. The van der Waals surface area contributed by atoms with Gasteiger partial charge in [0.25, 0.3) is 5.56 Å². The molecule has 28 heavy (non-hydrogen) atoms. The van der Waals surface area contributed by atoms with Crippen LogP contribution in [0.2, 0.25) is 0 Å². The van der Waals surface area contributed by atoms with E-state index in [-0.39, 0.29) is 23.2 Å². The van der Waals surface area contributed by atoms with Crippen LogP contribution in [0, 0.1) is 13.8 Å². The molecule has 3 aromatic rings. The van der Waals surface area contributed by atoms with Crippen molar-refractivity contribution >= 4 is 28.4 Å². The van der Waals surface area contributed by atoms with E-state index in [2.05, 4.69) is 14.5 Å². The van der Waals surface area contributed by atoms with Gasteiger partial charge >= 0.3 is 0 Å². The summed E-state index contributed by atoms with van der Waals surface area (Å²) in [5.41, 5.74) is 3.22. The third kappa shape index (κ3) is 3.77. The number of nitrogens with zero attached hydrogens (tertiary/aromatic N) is 2. The molecule has 2 aromatic heterocycles. The monoisotopic (exact) mass is 397 g/mol. The normalized spacial score (nSPS) is 16.7. The molecule has 1 aromatic carbocycles. The standard InChI is InChI=1S/C21H23N3O3S/c1-13-10-17(14(2)24(13)11-15-6-5-9-27-15)19(25)12-28-21-22-18-8-4-3-7-16(18)20(26)23-21/h3-4,7-8,10,15H,5-6,9,11-12H2,1-2H3,(H,22,23,26)/t15-/m1/s1. The van der Waals surface area contributed by atoms with Gasteiger partial charge in [-0.15, -0.1) is 0 Å². The van der Waals surface area contributed by atoms with E-state index in [0.717, 1.165) is 42.9 Å². The number of aromatic nitrogens is 3. The van der Waals surface area contributed by atoms with Crippen LogP contribution in [-0.4, -0.2) is 38.8 Å². The van der Waals surface area contributed by atoms with E-state index >= 15 is 0 Å². The highest BCUT2D eigenvalue weighted by atomic mass is 32.2. The van der Waals surface area contributed by atoms with Gasteiger partial charge in [-0.1, -0.05) is 23.9 Å². The van der Waals surface area contributed by atoms with E-state index < -0.39 is 0 Å². The zero-order valence-corrected chi connectivity index (χ0v) is 16.8. The van der Waals surface area contributed by atoms with Crippen LogP contribution in [0.15, 0.2) is 40.3 Å². The zero-order chi connectivity index (χ0) is 19.7. The lowest BCUT2D eigenvalue weighted by Crippen LogP contribution is -2.17. The maximum atomic E-state index is 12.8. The van der Waals surface area contributed by atoms with Crippen molar-refractivity contribution in [1.29, 1.82) is 0 Å². The summed E-state index contributed by atoms with van der Waals surface area (Å²) >= 11 is 1.26. The summed E-state index contributed by atoms with van der Waals surface area (Å²) in [4.78, 5) is 32.2. The first-order chi connectivity index (χ1) is 13.5. The fourth-order valence-electron chi connectivity index (χ4n) is 3.70. The molecule has 0 amide bonds. The number of carbonyl (C=O) groups is 1. The number of hydrogen-bond donors (Lipinski definition) is 1. The van der Waals surface area contributed by atoms with Crippen LogP contribution in [0.1, 0.15) is 34.6 Å². The Morgan fingerprint density at radius 1 is 1.36 bits per heavy atom. The van der Waals surface area contributed by atoms with Crippen molar-refractivity contribution < 1.29 is 9.53 Å². The minimum Gasteiger partial charge on any atom is -0.376 e. The van der Waals surface area contributed by atoms with Crippen LogP contribution in [0.25, 0.3) is 10.9 Å². The number of carbonyl (C=O) groups excluding carboxylic acids is 1. The average molecular weight is 398 g/mol. The molecule has 1 saturated heterocycles. The number of aryl methyl sites for hydroxylation is 1. The molecule has 1 aliphatic heterocycles. The number of ether oxygens (including phenoxy) is 1. The lowest BCUT2D eigenvalue weighted by atomic mass is 10.2. The average Bonchev–Trinajstić information content (AvgIpc) is 3.30. The second kappa shape index (κ2) is 7.93. The van der Waals surface area contributed by atoms with E-state index in [1.807, 2.05) is 32.0 Å². The summed E-state index contributed by atoms with van der Waals surface area (Å²) in [6.45, 7) is 5.62. The molecule has 0 bridgehead atoms. The van der Waals surface area contributed by atoms with Crippen molar-refractivity contribution in [3.8, 4) is 0 Å². The van der Waals surface area contributed by atoms with Gasteiger partial charge in [-0.3, -0.25) is 9.59 Å². The molecule has 6 nitrogen and oxygen atoms in total. The predicted octanol–water partition coefficient (Wildman–Crippen LogP) is 3.50. The number of benzene rings is 1. The van der Waals surface area contributed by atoms with Crippen LogP contribution >= 0.6 is 11.8 Å². The number of aromatic amines is 1. The molecule has 0 radical (unpaired) electrons. The molecule has 1 N–H and O–H groups in total. The van der Waals surface area contributed by atoms with Gasteiger partial charge in [0, 0.05) is 30.1 Å². The molecule has 1 fully saturated rings. The SMILES string of the molecule is Cc1cc(C(=O)CSc2nc3ccccc3c(=O)[nH]2)c(C)n1C[C@H]1CCCO1. The maximum Gasteiger partial charge on any atom is 0.259 e. The van der Waals surface area contributed by atoms with Crippen molar-refractivity contribution in [3.63, 3.8) is 0 Å². The number of fused-ring (bicyclic) bond motifs is 1. The van der Waals surface area contributed by atoms with Crippen LogP contribution in [-0.2, 0) is 11.3 Å². The second-order valence-electron chi connectivity index (χ2n) is 7.13. The first-order valence-corrected chi connectivity index (χ1v) is 10.4. The van der Waals surface area contributed by atoms with Gasteiger partial charge in [-0.2, -0.15) is 0 Å². The third-order valence-corrected chi connectivity index (χ3v) is 6.09. The van der Waals surface area contributed by atoms with Gasteiger partial charge in [0.05, 0.1) is 22.8 Å². The highest BCUT2D eigenvalue weighted by Crippen LogP contribution is 2.23. The molecular formula is C21H23N3O3S. The van der Waals surface area contributed by atoms with E-state index in [0.29, 0.717) is 16.1 Å². The summed E-state index contributed by atoms with van der Waals surface area (Å²) in [6.07, 6.45) is 2.40. The fourth-order valence-corrected chi connectivity index (χ4v) is 4.45. The van der Waals surface area contributed by atoms with Gasteiger partial charge in [0.15, 0.2) is 10.9 Å². The summed E-state index contributed by atoms with van der Waals surface area (Å²) in [5.74, 6) is 0.262. The Kier molecular flexibility index (Phi) is 5.37. The Hall–Kier alpha value is -2.38. The van der Waals surface area contributed by atoms with Crippen molar-refractivity contribution in [1.82, 2.24) is 14.5 Å². The van der Waals surface area contributed by atoms with Crippen LogP contribution < -0.4 is 5.56 Å². The van der Waals surface area contributed by atoms with Crippen molar-refractivity contribution in [2.75, 3.05) is 12.4 Å². The van der Waals surface area contributed by atoms with Crippen LogP contribution in [0.3, 0.4) is 0 Å². The number of nitrogens with one attached hydrogen (secondary N) is 1. The first kappa shape index (κ1) is 19.0. The summed E-state index contributed by atoms with van der Waals surface area (Å²) in [5, 5.41) is 1.01. The lowest BCUT2D eigenvalue weighted by Gasteiger charge is -2.14. The number of H-pyrrole nitrogens is 1. The molecule has 0 unspecified atom stereocenters. The van der Waals surface area contributed by atoms with Gasteiger partial charge in [-0.05, 0) is 44.9 Å². The maximum absolute atomic E-state index is 12.8. The Morgan fingerprint density at radius 3 is 2.96 bits per heavy atom. The van der Waals surface area contributed by atoms with Gasteiger partial charge < -0.3 is 14.3 Å². The lowest BCUT2D eigenvalue weighted by molar-refractivity contribution is 0.0957. The second-order valence-corrected chi connectivity index (χ2v) is 8.09. The first-order valence-electron chi connectivity index (χ1n) is 9.46. The Bertz CT molecular complexity index is 1080. The Morgan fingerprint density at radius 2 is 2.18 bits per heavy atom. The number of rotatable bonds is 6. The van der Waals surface area contributed by atoms with Crippen molar-refractivity contribution in [2.24, 2.45) is 0 Å². The minimum absolute atomic E-state index is 0.0347. The summed E-state index contributed by atoms with van der Waals surface area (Å²) in [6, 6.07) is 9.14. The third-order valence-electron chi connectivity index (χ3n) is 5.22. The van der Waals surface area contributed by atoms with Gasteiger partial charge in [-0.25, -0.2) is 4.98 Å². The number of thioether (sulfide) groups is 1. The summed E-state index contributed by atoms with van der Waals surface area (Å²) in [7, 11) is 0. The molecule has 0 aliphatic carbocycles. The molecule has 7 heteroatoms. The molecule has 4 rings (SSSR count). The predicted molar refractivity (Wildman–Crippen MR) is 110 cm³/mol. The highest BCUT2D eigenvalue weighted by molar-refractivity contribution is 7.99. The highest BCUT2D eigenvalue weighted by Gasteiger charge is 2.21. The van der Waals surface area contributed by atoms with Crippen molar-refractivity contribution in [2.45, 2.75) is 44.5 Å². The van der Waals surface area contributed by atoms with E-state index in [9.17, 15) is 9.59 Å². The van der Waals surface area contributed by atoms with Crippen LogP contribution in [0.5, 0.6) is 0 Å². The van der Waals surface area contributed by atoms with Gasteiger partial charge in [0.2, 0.25) is 0 Å². The number of ketones is 1. The fraction of sp³-hybridized carbons (Fsp3) is 0.381. The number of hydrogen-bond acceptors (Lipinski definition) is 5. The molecular weight excluding hydrogens is 374 g/mol.